The van der Waals surface area contributed by atoms with E-state index in [1.54, 1.807) is 6.07 Å². The van der Waals surface area contributed by atoms with E-state index in [0.717, 1.165) is 23.8 Å². The number of nitrogens with one attached hydrogen (secondary N) is 1. The highest BCUT2D eigenvalue weighted by Crippen LogP contribution is 2.49. The Morgan fingerprint density at radius 2 is 2.10 bits per heavy atom. The van der Waals surface area contributed by atoms with Crippen molar-refractivity contribution in [2.24, 2.45) is 17.8 Å². The van der Waals surface area contributed by atoms with Gasteiger partial charge in [0.05, 0.1) is 0 Å². The van der Waals surface area contributed by atoms with Crippen molar-refractivity contribution >= 4 is 29.1 Å². The predicted molar refractivity (Wildman–Crippen MR) is 86.7 cm³/mol. The molecule has 2 nitrogen and oxygen atoms in total. The lowest BCUT2D eigenvalue weighted by Crippen LogP contribution is -2.29. The lowest BCUT2D eigenvalue weighted by atomic mass is 9.86. The third-order valence-corrected chi connectivity index (χ3v) is 5.65. The third-order valence-electron chi connectivity index (χ3n) is 5.06. The third kappa shape index (κ3) is 3.73. The minimum atomic E-state index is 0.192. The second-order valence-corrected chi connectivity index (χ2v) is 7.32. The highest BCUT2D eigenvalue weighted by atomic mass is 35.5. The molecule has 0 radical (unpaired) electrons. The van der Waals surface area contributed by atoms with Gasteiger partial charge in [-0.2, -0.15) is 0 Å². The van der Waals surface area contributed by atoms with Crippen LogP contribution in [0, 0.1) is 17.8 Å². The first kappa shape index (κ1) is 15.2. The van der Waals surface area contributed by atoms with Gasteiger partial charge in [0.1, 0.15) is 0 Å². The normalized spacial score (nSPS) is 27.0. The summed E-state index contributed by atoms with van der Waals surface area (Å²) in [7, 11) is 0. The largest absolute Gasteiger partial charge is 0.356 e. The van der Waals surface area contributed by atoms with E-state index >= 15 is 0 Å². The van der Waals surface area contributed by atoms with Gasteiger partial charge < -0.3 is 5.32 Å². The number of halogens is 2. The highest BCUT2D eigenvalue weighted by molar-refractivity contribution is 6.35. The molecule has 3 rings (SSSR count). The first-order valence-electron chi connectivity index (χ1n) is 7.82. The van der Waals surface area contributed by atoms with E-state index in [1.165, 1.54) is 25.7 Å². The van der Waals surface area contributed by atoms with Crippen LogP contribution in [-0.2, 0) is 11.2 Å². The Labute approximate surface area is 136 Å². The van der Waals surface area contributed by atoms with Gasteiger partial charge in [-0.1, -0.05) is 35.7 Å². The van der Waals surface area contributed by atoms with Crippen LogP contribution in [0.2, 0.25) is 10.0 Å². The van der Waals surface area contributed by atoms with Crippen molar-refractivity contribution in [3.05, 3.63) is 33.8 Å². The predicted octanol–water partition coefficient (Wildman–Crippen LogP) is 4.48. The van der Waals surface area contributed by atoms with Gasteiger partial charge in [-0.3, -0.25) is 4.79 Å². The van der Waals surface area contributed by atoms with Crippen LogP contribution in [0.25, 0.3) is 0 Å². The van der Waals surface area contributed by atoms with E-state index in [-0.39, 0.29) is 5.91 Å². The number of benzene rings is 1. The molecule has 4 heteroatoms. The lowest BCUT2D eigenvalue weighted by molar-refractivity contribution is -0.122. The number of amides is 1. The van der Waals surface area contributed by atoms with Crippen LogP contribution in [0.5, 0.6) is 0 Å². The first-order chi connectivity index (χ1) is 10.1. The summed E-state index contributed by atoms with van der Waals surface area (Å²) in [5.74, 6) is 2.53. The van der Waals surface area contributed by atoms with Crippen molar-refractivity contribution < 1.29 is 4.79 Å². The minimum absolute atomic E-state index is 0.192. The summed E-state index contributed by atoms with van der Waals surface area (Å²) in [6.07, 6.45) is 6.80. The van der Waals surface area contributed by atoms with Crippen LogP contribution in [-0.4, -0.2) is 12.5 Å². The molecule has 2 aliphatic rings. The zero-order valence-corrected chi connectivity index (χ0v) is 13.6. The Morgan fingerprint density at radius 3 is 2.76 bits per heavy atom. The molecule has 0 heterocycles. The summed E-state index contributed by atoms with van der Waals surface area (Å²) >= 11 is 12.0. The van der Waals surface area contributed by atoms with E-state index in [9.17, 15) is 4.79 Å². The highest BCUT2D eigenvalue weighted by Gasteiger charge is 2.39. The Morgan fingerprint density at radius 1 is 1.24 bits per heavy atom. The Hall–Kier alpha value is -0.730. The maximum absolute atomic E-state index is 12.0. The fourth-order valence-corrected chi connectivity index (χ4v) is 4.50. The molecule has 0 aliphatic heterocycles. The van der Waals surface area contributed by atoms with Crippen molar-refractivity contribution in [1.82, 2.24) is 5.32 Å². The molecule has 2 bridgehead atoms. The summed E-state index contributed by atoms with van der Waals surface area (Å²) in [4.78, 5) is 12.0. The number of rotatable bonds is 5. The van der Waals surface area contributed by atoms with Crippen molar-refractivity contribution in [3.63, 3.8) is 0 Å². The Balaban J connectivity index is 1.42. The van der Waals surface area contributed by atoms with Crippen LogP contribution in [0.3, 0.4) is 0 Å². The molecule has 114 valence electrons. The fraction of sp³-hybridized carbons (Fsp3) is 0.588. The van der Waals surface area contributed by atoms with Crippen molar-refractivity contribution in [2.75, 3.05) is 6.54 Å². The van der Waals surface area contributed by atoms with E-state index in [0.29, 0.717) is 28.9 Å². The molecule has 1 aromatic rings. The molecule has 21 heavy (non-hydrogen) atoms. The molecule has 1 aromatic carbocycles. The molecule has 2 saturated carbocycles. The van der Waals surface area contributed by atoms with Crippen LogP contribution in [0.4, 0.5) is 0 Å². The van der Waals surface area contributed by atoms with Crippen LogP contribution >= 0.6 is 23.2 Å². The van der Waals surface area contributed by atoms with Crippen molar-refractivity contribution in [2.45, 2.75) is 38.5 Å². The monoisotopic (exact) mass is 325 g/mol. The van der Waals surface area contributed by atoms with Gasteiger partial charge >= 0.3 is 0 Å². The zero-order valence-electron chi connectivity index (χ0n) is 12.1. The standard InChI is InChI=1S/C17H21Cl2NO/c18-15-4-3-12(16(19)10-15)5-6-20-17(21)9-14-8-11-1-2-13(14)7-11/h3-4,10-11,13-14H,1-2,5-9H2,(H,20,21)/t11-,13-,14-/m1/s1. The molecule has 2 aliphatic carbocycles. The van der Waals surface area contributed by atoms with Crippen molar-refractivity contribution in [3.8, 4) is 0 Å². The molecule has 2 fully saturated rings. The lowest BCUT2D eigenvalue weighted by Gasteiger charge is -2.20. The van der Waals surface area contributed by atoms with Crippen LogP contribution in [0.1, 0.15) is 37.7 Å². The first-order valence-corrected chi connectivity index (χ1v) is 8.58. The van der Waals surface area contributed by atoms with Gasteiger partial charge in [0, 0.05) is 23.0 Å². The van der Waals surface area contributed by atoms with E-state index in [2.05, 4.69) is 5.32 Å². The topological polar surface area (TPSA) is 29.1 Å². The molecular weight excluding hydrogens is 305 g/mol. The van der Waals surface area contributed by atoms with Gasteiger partial charge in [-0.05, 0) is 61.1 Å². The maximum atomic E-state index is 12.0. The van der Waals surface area contributed by atoms with Gasteiger partial charge in [-0.25, -0.2) is 0 Å². The molecule has 0 saturated heterocycles. The molecule has 1 N–H and O–H groups in total. The second kappa shape index (κ2) is 6.58. The van der Waals surface area contributed by atoms with Gasteiger partial charge in [0.15, 0.2) is 0 Å². The van der Waals surface area contributed by atoms with E-state index in [1.807, 2.05) is 12.1 Å². The summed E-state index contributed by atoms with van der Waals surface area (Å²) in [5.41, 5.74) is 1.03. The molecule has 0 unspecified atom stereocenters. The van der Waals surface area contributed by atoms with Crippen LogP contribution < -0.4 is 5.32 Å². The summed E-state index contributed by atoms with van der Waals surface area (Å²) in [6, 6.07) is 5.50. The molecule has 0 spiro atoms. The maximum Gasteiger partial charge on any atom is 0.220 e. The molecule has 3 atom stereocenters. The van der Waals surface area contributed by atoms with Crippen molar-refractivity contribution in [1.29, 1.82) is 0 Å². The number of hydrogen-bond donors (Lipinski definition) is 1. The van der Waals surface area contributed by atoms with E-state index < -0.39 is 0 Å². The average molecular weight is 326 g/mol. The number of fused-ring (bicyclic) bond motifs is 2. The Bertz CT molecular complexity index is 532. The van der Waals surface area contributed by atoms with Crippen LogP contribution in [0.15, 0.2) is 18.2 Å². The Kier molecular flexibility index (Phi) is 4.75. The van der Waals surface area contributed by atoms with E-state index in [4.69, 9.17) is 23.2 Å². The quantitative estimate of drug-likeness (QED) is 0.849. The molecule has 0 aromatic heterocycles. The number of hydrogen-bond acceptors (Lipinski definition) is 1. The summed E-state index contributed by atoms with van der Waals surface area (Å²) in [6.45, 7) is 0.640. The minimum Gasteiger partial charge on any atom is -0.356 e. The summed E-state index contributed by atoms with van der Waals surface area (Å²) in [5, 5.41) is 4.34. The molecule has 1 amide bonds. The average Bonchev–Trinajstić information content (AvgIpc) is 3.03. The number of carbonyl (C=O) groups is 1. The van der Waals surface area contributed by atoms with Gasteiger partial charge in [0.2, 0.25) is 5.91 Å². The van der Waals surface area contributed by atoms with Gasteiger partial charge in [0.25, 0.3) is 0 Å². The smallest absolute Gasteiger partial charge is 0.220 e. The summed E-state index contributed by atoms with van der Waals surface area (Å²) < 4.78 is 0. The fourth-order valence-electron chi connectivity index (χ4n) is 4.00. The second-order valence-electron chi connectivity index (χ2n) is 6.47. The number of carbonyl (C=O) groups excluding carboxylic acids is 1. The zero-order chi connectivity index (χ0) is 14.8. The van der Waals surface area contributed by atoms with Gasteiger partial charge in [-0.15, -0.1) is 0 Å². The molecular formula is C17H21Cl2NO. The SMILES string of the molecule is O=C(C[C@H]1C[C@@H]2CC[C@@H]1C2)NCCc1ccc(Cl)cc1Cl.